The highest BCUT2D eigenvalue weighted by Gasteiger charge is 2.37. The van der Waals surface area contributed by atoms with Crippen LogP contribution < -0.4 is 14.4 Å². The zero-order valence-electron chi connectivity index (χ0n) is 26.9. The monoisotopic (exact) mass is 892 g/mol. The number of alkyl halides is 3. The third kappa shape index (κ3) is 11.9. The molecule has 1 fully saturated rings. The summed E-state index contributed by atoms with van der Waals surface area (Å²) < 4.78 is 69.0. The van der Waals surface area contributed by atoms with Crippen LogP contribution in [0.3, 0.4) is 0 Å². The molecule has 0 aliphatic carbocycles. The van der Waals surface area contributed by atoms with E-state index in [0.29, 0.717) is 38.7 Å². The SMILES string of the molecule is Clc1ccc(Oc2ccc(Br)cn2)cc1.Fc1ccc(Br)cn1.O=C1OC[C@H](c2cccc(C(F)(F)F)c2)N1c1ccc(Oc2ccc(Cl)cc2)nc1. The molecule has 0 N–H and O–H groups in total. The Morgan fingerprint density at radius 3 is 1.74 bits per heavy atom. The van der Waals surface area contributed by atoms with E-state index in [1.54, 1.807) is 79.0 Å². The summed E-state index contributed by atoms with van der Waals surface area (Å²) in [4.78, 5) is 25.2. The second kappa shape index (κ2) is 18.3. The van der Waals surface area contributed by atoms with Gasteiger partial charge in [-0.2, -0.15) is 17.6 Å². The smallest absolute Gasteiger partial charge is 0.416 e. The van der Waals surface area contributed by atoms with Crippen LogP contribution in [0.25, 0.3) is 0 Å². The minimum Gasteiger partial charge on any atom is -0.447 e. The number of halogens is 8. The maximum Gasteiger partial charge on any atom is 0.416 e. The molecular weight excluding hydrogens is 871 g/mol. The Hall–Kier alpha value is -4.76. The van der Waals surface area contributed by atoms with Crippen LogP contribution in [-0.4, -0.2) is 27.7 Å². The number of anilines is 1. The Labute approximate surface area is 327 Å². The van der Waals surface area contributed by atoms with Crippen LogP contribution in [-0.2, 0) is 10.9 Å². The van der Waals surface area contributed by atoms with E-state index < -0.39 is 29.8 Å². The summed E-state index contributed by atoms with van der Waals surface area (Å²) in [5.74, 6) is 1.63. The van der Waals surface area contributed by atoms with Gasteiger partial charge in [-0.25, -0.2) is 19.7 Å². The van der Waals surface area contributed by atoms with Gasteiger partial charge in [0, 0.05) is 43.5 Å². The van der Waals surface area contributed by atoms with Crippen molar-refractivity contribution in [2.75, 3.05) is 11.5 Å². The van der Waals surface area contributed by atoms with Gasteiger partial charge in [-0.1, -0.05) is 35.3 Å². The van der Waals surface area contributed by atoms with E-state index in [9.17, 15) is 22.4 Å². The maximum absolute atomic E-state index is 13.1. The predicted molar refractivity (Wildman–Crippen MR) is 199 cm³/mol. The molecule has 0 radical (unpaired) electrons. The Bertz CT molecular complexity index is 2030. The molecule has 1 aliphatic heterocycles. The van der Waals surface area contributed by atoms with Crippen molar-refractivity contribution < 1.29 is 36.6 Å². The van der Waals surface area contributed by atoms with Crippen LogP contribution in [0.15, 0.2) is 137 Å². The molecule has 0 bridgehead atoms. The highest BCUT2D eigenvalue weighted by Crippen LogP contribution is 2.37. The first-order valence-corrected chi connectivity index (χ1v) is 17.5. The molecule has 4 heterocycles. The highest BCUT2D eigenvalue weighted by molar-refractivity contribution is 9.10. The number of hydrogen-bond donors (Lipinski definition) is 0. The van der Waals surface area contributed by atoms with Gasteiger partial charge < -0.3 is 14.2 Å². The Morgan fingerprint density at radius 1 is 0.717 bits per heavy atom. The average Bonchev–Trinajstić information content (AvgIpc) is 3.54. The van der Waals surface area contributed by atoms with Gasteiger partial charge in [0.15, 0.2) is 0 Å². The maximum atomic E-state index is 13.1. The highest BCUT2D eigenvalue weighted by atomic mass is 79.9. The normalized spacial score (nSPS) is 13.5. The third-order valence-electron chi connectivity index (χ3n) is 6.93. The van der Waals surface area contributed by atoms with E-state index in [2.05, 4.69) is 46.8 Å². The lowest BCUT2D eigenvalue weighted by molar-refractivity contribution is -0.137. The summed E-state index contributed by atoms with van der Waals surface area (Å²) in [6, 6.07) is 27.7. The van der Waals surface area contributed by atoms with Gasteiger partial charge in [-0.3, -0.25) is 4.90 Å². The second-order valence-corrected chi connectivity index (χ2v) is 13.4. The van der Waals surface area contributed by atoms with Crippen LogP contribution in [0.5, 0.6) is 23.3 Å². The molecule has 1 aliphatic rings. The molecule has 0 saturated carbocycles. The number of cyclic esters (lactones) is 1. The van der Waals surface area contributed by atoms with Gasteiger partial charge in [0.1, 0.15) is 18.1 Å². The molecule has 1 amide bonds. The quantitative estimate of drug-likeness (QED) is 0.122. The lowest BCUT2D eigenvalue weighted by atomic mass is 10.0. The number of pyridine rings is 3. The third-order valence-corrected chi connectivity index (χ3v) is 8.38. The van der Waals surface area contributed by atoms with Crippen LogP contribution in [0.4, 0.5) is 28.0 Å². The van der Waals surface area contributed by atoms with Crippen LogP contribution in [0, 0.1) is 5.95 Å². The molecule has 0 unspecified atom stereocenters. The summed E-state index contributed by atoms with van der Waals surface area (Å²) in [5, 5.41) is 1.25. The second-order valence-electron chi connectivity index (χ2n) is 10.7. The van der Waals surface area contributed by atoms with Crippen LogP contribution in [0.1, 0.15) is 17.2 Å². The van der Waals surface area contributed by atoms with E-state index in [4.69, 9.17) is 37.4 Å². The Balaban J connectivity index is 0.000000193. The van der Waals surface area contributed by atoms with Crippen molar-refractivity contribution in [3.63, 3.8) is 0 Å². The fourth-order valence-corrected chi connectivity index (χ4v) is 5.20. The predicted octanol–water partition coefficient (Wildman–Crippen LogP) is 12.5. The molecule has 53 heavy (non-hydrogen) atoms. The molecule has 272 valence electrons. The van der Waals surface area contributed by atoms with Crippen molar-refractivity contribution in [2.24, 2.45) is 0 Å². The van der Waals surface area contributed by atoms with Crippen LogP contribution in [0.2, 0.25) is 10.0 Å². The fraction of sp³-hybridized carbons (Fsp3) is 0.0811. The van der Waals surface area contributed by atoms with Gasteiger partial charge in [0.25, 0.3) is 0 Å². The Kier molecular flexibility index (Phi) is 13.6. The molecule has 3 aromatic heterocycles. The van der Waals surface area contributed by atoms with Crippen molar-refractivity contribution in [3.05, 3.63) is 164 Å². The largest absolute Gasteiger partial charge is 0.447 e. The van der Waals surface area contributed by atoms with E-state index in [1.165, 1.54) is 35.5 Å². The van der Waals surface area contributed by atoms with E-state index in [-0.39, 0.29) is 12.5 Å². The van der Waals surface area contributed by atoms with Gasteiger partial charge in [0.05, 0.1) is 23.5 Å². The number of hydrogen-bond acceptors (Lipinski definition) is 7. The number of nitrogens with zero attached hydrogens (tertiary/aromatic N) is 4. The number of amides is 1. The number of benzene rings is 3. The molecule has 1 saturated heterocycles. The van der Waals surface area contributed by atoms with E-state index in [1.807, 2.05) is 6.07 Å². The minimum atomic E-state index is -4.48. The molecule has 8 nitrogen and oxygen atoms in total. The minimum absolute atomic E-state index is 0.0663. The number of ether oxygens (including phenoxy) is 3. The van der Waals surface area contributed by atoms with Gasteiger partial charge >= 0.3 is 12.3 Å². The van der Waals surface area contributed by atoms with Gasteiger partial charge in [-0.05, 0) is 122 Å². The van der Waals surface area contributed by atoms with Crippen molar-refractivity contribution in [3.8, 4) is 23.3 Å². The summed E-state index contributed by atoms with van der Waals surface area (Å²) in [7, 11) is 0. The summed E-state index contributed by atoms with van der Waals surface area (Å²) >= 11 is 18.0. The van der Waals surface area contributed by atoms with Crippen molar-refractivity contribution in [1.82, 2.24) is 15.0 Å². The first-order chi connectivity index (χ1) is 25.3. The fourth-order valence-electron chi connectivity index (χ4n) is 4.48. The van der Waals surface area contributed by atoms with Crippen LogP contribution >= 0.6 is 55.1 Å². The molecule has 0 spiro atoms. The van der Waals surface area contributed by atoms with Gasteiger partial charge in [-0.15, -0.1) is 0 Å². The standard InChI is InChI=1S/C21H14ClF3N2O3.C11H7BrClNO.C5H3BrFN/c22-15-4-7-17(8-5-15)30-19-9-6-16(11-26-19)27-18(12-29-20(27)28)13-2-1-3-14(10-13)21(23,24)25;12-8-1-6-11(14-7-8)15-10-4-2-9(13)3-5-10;6-4-1-2-5(7)8-3-4/h1-11,18H,12H2;1-7H;1-3H/t18-;;/m1../s1. The number of aromatic nitrogens is 3. The molecule has 16 heteroatoms. The summed E-state index contributed by atoms with van der Waals surface area (Å²) in [5.41, 5.74) is -0.0929. The molecule has 3 aromatic carbocycles. The number of carbonyl (C=O) groups is 1. The molecular formula is C37H24Br2Cl2F4N4O4. The van der Waals surface area contributed by atoms with E-state index in [0.717, 1.165) is 21.1 Å². The zero-order valence-corrected chi connectivity index (χ0v) is 31.5. The first kappa shape index (κ1) is 39.4. The van der Waals surface area contributed by atoms with Gasteiger partial charge in [0.2, 0.25) is 17.7 Å². The average molecular weight is 895 g/mol. The van der Waals surface area contributed by atoms with Crippen molar-refractivity contribution >= 4 is 66.8 Å². The zero-order chi connectivity index (χ0) is 38.0. The van der Waals surface area contributed by atoms with Crippen molar-refractivity contribution in [2.45, 2.75) is 12.2 Å². The lowest BCUT2D eigenvalue weighted by Gasteiger charge is -2.22. The van der Waals surface area contributed by atoms with Crippen molar-refractivity contribution in [1.29, 1.82) is 0 Å². The first-order valence-electron chi connectivity index (χ1n) is 15.2. The topological polar surface area (TPSA) is 86.7 Å². The summed E-state index contributed by atoms with van der Waals surface area (Å²) in [6.07, 6.45) is -0.642. The molecule has 6 aromatic rings. The lowest BCUT2D eigenvalue weighted by Crippen LogP contribution is -2.27. The molecule has 7 rings (SSSR count). The number of rotatable bonds is 6. The number of carbonyl (C=O) groups excluding carboxylic acids is 1. The van der Waals surface area contributed by atoms with E-state index >= 15 is 0 Å². The Morgan fingerprint density at radius 2 is 1.26 bits per heavy atom. The summed E-state index contributed by atoms with van der Waals surface area (Å²) in [6.45, 7) is -0.0663. The molecule has 1 atom stereocenters.